The van der Waals surface area contributed by atoms with Crippen LogP contribution in [0.5, 0.6) is 0 Å². The Morgan fingerprint density at radius 3 is 2.67 bits per heavy atom. The zero-order valence-corrected chi connectivity index (χ0v) is 14.3. The molecule has 0 saturated carbocycles. The molecule has 2 aromatic rings. The molecule has 0 amide bonds. The van der Waals surface area contributed by atoms with Gasteiger partial charge in [-0.15, -0.1) is 0 Å². The third-order valence-corrected chi connectivity index (χ3v) is 4.17. The fraction of sp³-hybridized carbons (Fsp3) is 0.412. The topological polar surface area (TPSA) is 81.9 Å². The van der Waals surface area contributed by atoms with Gasteiger partial charge in [-0.1, -0.05) is 43.2 Å². The summed E-state index contributed by atoms with van der Waals surface area (Å²) < 4.78 is 6.76. The van der Waals surface area contributed by atoms with Gasteiger partial charge in [0.1, 0.15) is 0 Å². The fourth-order valence-corrected chi connectivity index (χ4v) is 2.83. The molecular weight excluding hydrogens is 306 g/mol. The van der Waals surface area contributed by atoms with Crippen molar-refractivity contribution >= 4 is 17.6 Å². The molecule has 7 heteroatoms. The number of carbonyl (C=O) groups is 1. The van der Waals surface area contributed by atoms with Crippen LogP contribution in [0.3, 0.4) is 0 Å². The summed E-state index contributed by atoms with van der Waals surface area (Å²) in [6.07, 6.45) is 0. The van der Waals surface area contributed by atoms with Crippen LogP contribution in [-0.2, 0) is 9.53 Å². The predicted octanol–water partition coefficient (Wildman–Crippen LogP) is 2.76. The van der Waals surface area contributed by atoms with Gasteiger partial charge < -0.3 is 10.1 Å². The Balaban J connectivity index is 2.05. The Morgan fingerprint density at radius 1 is 1.33 bits per heavy atom. The van der Waals surface area contributed by atoms with Crippen LogP contribution in [0, 0.1) is 0 Å². The number of aromatic nitrogens is 4. The van der Waals surface area contributed by atoms with Crippen molar-refractivity contribution in [1.82, 2.24) is 20.2 Å². The molecule has 1 N–H and O–H groups in total. The monoisotopic (exact) mass is 327 g/mol. The van der Waals surface area contributed by atoms with Gasteiger partial charge in [0.05, 0.1) is 23.9 Å². The van der Waals surface area contributed by atoms with E-state index in [9.17, 15) is 4.79 Å². The molecule has 24 heavy (non-hydrogen) atoms. The number of hydrogen-bond acceptors (Lipinski definition) is 6. The first-order valence-corrected chi connectivity index (χ1v) is 8.06. The van der Waals surface area contributed by atoms with Gasteiger partial charge in [-0.3, -0.25) is 0 Å². The van der Waals surface area contributed by atoms with Crippen molar-refractivity contribution in [3.63, 3.8) is 0 Å². The third-order valence-electron chi connectivity index (χ3n) is 4.17. The first kappa shape index (κ1) is 16.2. The summed E-state index contributed by atoms with van der Waals surface area (Å²) >= 11 is 0. The lowest BCUT2D eigenvalue weighted by molar-refractivity contribution is -0.138. The van der Waals surface area contributed by atoms with Gasteiger partial charge >= 0.3 is 5.97 Å². The van der Waals surface area contributed by atoms with E-state index in [0.717, 1.165) is 5.56 Å². The van der Waals surface area contributed by atoms with Crippen molar-refractivity contribution in [3.05, 3.63) is 41.0 Å². The molecule has 0 spiro atoms. The minimum absolute atomic E-state index is 0.317. The van der Waals surface area contributed by atoms with Crippen molar-refractivity contribution in [2.45, 2.75) is 39.7 Å². The Kier molecular flexibility index (Phi) is 4.33. The molecule has 0 fully saturated rings. The predicted molar refractivity (Wildman–Crippen MR) is 90.2 cm³/mol. The highest BCUT2D eigenvalue weighted by molar-refractivity contribution is 5.97. The third kappa shape index (κ3) is 2.77. The molecular formula is C17H21N5O2. The fourth-order valence-electron chi connectivity index (χ4n) is 2.83. The van der Waals surface area contributed by atoms with E-state index < -0.39 is 0 Å². The maximum Gasteiger partial charge on any atom is 0.338 e. The number of rotatable bonds is 4. The molecule has 1 atom stereocenters. The summed E-state index contributed by atoms with van der Waals surface area (Å²) in [5.74, 6) is 0.604. The first-order chi connectivity index (χ1) is 11.5. The highest BCUT2D eigenvalue weighted by atomic mass is 16.5. The molecule has 7 nitrogen and oxygen atoms in total. The molecule has 1 aromatic carbocycles. The van der Waals surface area contributed by atoms with Crippen LogP contribution in [0.25, 0.3) is 5.70 Å². The van der Waals surface area contributed by atoms with Crippen molar-refractivity contribution in [3.8, 4) is 0 Å². The normalized spacial score (nSPS) is 16.8. The lowest BCUT2D eigenvalue weighted by Crippen LogP contribution is -2.28. The lowest BCUT2D eigenvalue weighted by Gasteiger charge is -2.27. The quantitative estimate of drug-likeness (QED) is 0.870. The van der Waals surface area contributed by atoms with Crippen LogP contribution in [-0.4, -0.2) is 32.8 Å². The first-order valence-electron chi connectivity index (χ1n) is 8.06. The Morgan fingerprint density at radius 2 is 2.04 bits per heavy atom. The number of hydrogen-bond donors (Lipinski definition) is 1. The maximum atomic E-state index is 12.5. The van der Waals surface area contributed by atoms with E-state index in [-0.39, 0.29) is 12.0 Å². The van der Waals surface area contributed by atoms with Crippen molar-refractivity contribution in [2.24, 2.45) is 0 Å². The number of fused-ring (bicyclic) bond motifs is 1. The Labute approximate surface area is 140 Å². The van der Waals surface area contributed by atoms with Gasteiger partial charge in [0.15, 0.2) is 0 Å². The number of benzene rings is 1. The van der Waals surface area contributed by atoms with Gasteiger partial charge in [0, 0.05) is 0 Å². The summed E-state index contributed by atoms with van der Waals surface area (Å²) in [7, 11) is 0. The van der Waals surface area contributed by atoms with E-state index in [0.29, 0.717) is 29.7 Å². The van der Waals surface area contributed by atoms with Crippen LogP contribution in [0.2, 0.25) is 0 Å². The number of tetrazole rings is 1. The maximum absolute atomic E-state index is 12.5. The molecule has 1 unspecified atom stereocenters. The summed E-state index contributed by atoms with van der Waals surface area (Å²) in [6, 6.07) is 7.87. The minimum atomic E-state index is -0.360. The highest BCUT2D eigenvalue weighted by Gasteiger charge is 2.33. The summed E-state index contributed by atoms with van der Waals surface area (Å²) in [5, 5.41) is 14.8. The smallest absolute Gasteiger partial charge is 0.338 e. The van der Waals surface area contributed by atoms with E-state index in [1.54, 1.807) is 6.92 Å². The van der Waals surface area contributed by atoms with Crippen LogP contribution in [0.15, 0.2) is 29.8 Å². The van der Waals surface area contributed by atoms with Gasteiger partial charge in [-0.05, 0) is 41.3 Å². The van der Waals surface area contributed by atoms with Gasteiger partial charge in [0.25, 0.3) is 0 Å². The number of allylic oxidation sites excluding steroid dienone is 1. The van der Waals surface area contributed by atoms with Gasteiger partial charge in [0.2, 0.25) is 5.95 Å². The number of nitrogens with zero attached hydrogens (tertiary/aromatic N) is 4. The van der Waals surface area contributed by atoms with Crippen molar-refractivity contribution in [1.29, 1.82) is 0 Å². The second-order valence-electron chi connectivity index (χ2n) is 6.03. The number of nitrogens with one attached hydrogen (secondary N) is 1. The van der Waals surface area contributed by atoms with Crippen LogP contribution < -0.4 is 5.32 Å². The molecule has 126 valence electrons. The summed E-state index contributed by atoms with van der Waals surface area (Å²) in [5.41, 5.74) is 3.41. The summed E-state index contributed by atoms with van der Waals surface area (Å²) in [6.45, 7) is 8.23. The zero-order valence-electron chi connectivity index (χ0n) is 14.3. The van der Waals surface area contributed by atoms with E-state index >= 15 is 0 Å². The molecule has 1 aromatic heterocycles. The second kappa shape index (κ2) is 6.43. The molecule has 2 heterocycles. The average Bonchev–Trinajstić information content (AvgIpc) is 3.04. The highest BCUT2D eigenvalue weighted by Crippen LogP contribution is 2.35. The van der Waals surface area contributed by atoms with Crippen LogP contribution >= 0.6 is 0 Å². The molecule has 1 aliphatic rings. The number of carbonyl (C=O) groups excluding carboxylic acids is 1. The van der Waals surface area contributed by atoms with Crippen LogP contribution in [0.1, 0.15) is 50.8 Å². The number of esters is 1. The molecule has 0 bridgehead atoms. The minimum Gasteiger partial charge on any atom is -0.463 e. The molecule has 0 radical (unpaired) electrons. The lowest BCUT2D eigenvalue weighted by atomic mass is 9.93. The van der Waals surface area contributed by atoms with Gasteiger partial charge in [-0.25, -0.2) is 4.79 Å². The van der Waals surface area contributed by atoms with E-state index in [1.165, 1.54) is 10.2 Å². The largest absolute Gasteiger partial charge is 0.463 e. The van der Waals surface area contributed by atoms with E-state index in [1.807, 2.05) is 19.1 Å². The SMILES string of the molecule is CCOC(=O)C1=C(C)n2nnnc2NC1c1ccc(C(C)C)cc1. The average molecular weight is 327 g/mol. The van der Waals surface area contributed by atoms with Crippen molar-refractivity contribution < 1.29 is 9.53 Å². The number of ether oxygens (including phenoxy) is 1. The van der Waals surface area contributed by atoms with Gasteiger partial charge in [-0.2, -0.15) is 4.68 Å². The van der Waals surface area contributed by atoms with E-state index in [2.05, 4.69) is 46.8 Å². The van der Waals surface area contributed by atoms with Crippen molar-refractivity contribution in [2.75, 3.05) is 11.9 Å². The molecule has 3 rings (SSSR count). The zero-order chi connectivity index (χ0) is 17.3. The molecule has 1 aliphatic heterocycles. The standard InChI is InChI=1S/C17H21N5O2/c1-5-24-16(23)14-11(4)22-17(19-20-21-22)18-15(14)13-8-6-12(7-9-13)10(2)3/h6-10,15H,5H2,1-4H3,(H,18,19,21). The van der Waals surface area contributed by atoms with Crippen LogP contribution in [0.4, 0.5) is 5.95 Å². The Hall–Kier alpha value is -2.70. The number of anilines is 1. The summed E-state index contributed by atoms with van der Waals surface area (Å²) in [4.78, 5) is 12.5. The van der Waals surface area contributed by atoms with E-state index in [4.69, 9.17) is 4.74 Å². The molecule has 0 saturated heterocycles. The molecule has 0 aliphatic carbocycles. The Bertz CT molecular complexity index is 777. The second-order valence-corrected chi connectivity index (χ2v) is 6.03.